The van der Waals surface area contributed by atoms with Gasteiger partial charge >= 0.3 is 35.5 Å². The van der Waals surface area contributed by atoms with Gasteiger partial charge in [0.2, 0.25) is 12.4 Å². The van der Waals surface area contributed by atoms with E-state index in [1.165, 1.54) is 23.8 Å². The van der Waals surface area contributed by atoms with Gasteiger partial charge in [0, 0.05) is 40.7 Å². The van der Waals surface area contributed by atoms with Crippen LogP contribution in [0.3, 0.4) is 0 Å². The molecule has 0 bridgehead atoms. The molecule has 272 valence electrons. The number of carbonyl (C=O) groups is 5. The molecule has 50 heavy (non-hydrogen) atoms. The maximum Gasteiger partial charge on any atom is 0.383 e. The Morgan fingerprint density at radius 2 is 1.40 bits per heavy atom. The van der Waals surface area contributed by atoms with E-state index < -0.39 is 78.5 Å². The summed E-state index contributed by atoms with van der Waals surface area (Å²) in [4.78, 5) is 72.8. The third kappa shape index (κ3) is 11.5. The van der Waals surface area contributed by atoms with Crippen molar-refractivity contribution in [3.63, 3.8) is 0 Å². The predicted molar refractivity (Wildman–Crippen MR) is 174 cm³/mol. The number of benzene rings is 1. The van der Waals surface area contributed by atoms with Crippen LogP contribution in [0.5, 0.6) is 17.2 Å². The van der Waals surface area contributed by atoms with Gasteiger partial charge in [0.25, 0.3) is 5.75 Å². The Bertz CT molecular complexity index is 1700. The van der Waals surface area contributed by atoms with Crippen LogP contribution in [-0.2, 0) is 47.7 Å². The highest BCUT2D eigenvalue weighted by Crippen LogP contribution is 2.36. The second kappa shape index (κ2) is 18.0. The number of rotatable bonds is 14. The fraction of sp³-hybridized carbons (Fsp3) is 0.486. The highest BCUT2D eigenvalue weighted by atomic mass is 16.7. The Kier molecular flexibility index (Phi) is 14.1. The molecule has 1 fully saturated rings. The number of fused-ring (bicyclic) bond motifs is 1. The summed E-state index contributed by atoms with van der Waals surface area (Å²) >= 11 is 0. The van der Waals surface area contributed by atoms with Gasteiger partial charge in [0.15, 0.2) is 18.0 Å². The molecule has 1 aromatic carbocycles. The van der Waals surface area contributed by atoms with E-state index in [0.29, 0.717) is 0 Å². The Labute approximate surface area is 288 Å². The van der Waals surface area contributed by atoms with Crippen LogP contribution in [0, 0.1) is 0 Å². The molecule has 1 saturated heterocycles. The molecule has 1 aliphatic heterocycles. The molecule has 1 aromatic heterocycles. The number of ether oxygens (including phenoxy) is 8. The molecule has 0 unspecified atom stereocenters. The summed E-state index contributed by atoms with van der Waals surface area (Å²) in [6, 6.07) is 4.24. The van der Waals surface area contributed by atoms with Crippen molar-refractivity contribution in [2.75, 3.05) is 13.2 Å². The van der Waals surface area contributed by atoms with Crippen LogP contribution in [0.4, 0.5) is 0 Å². The van der Waals surface area contributed by atoms with Crippen molar-refractivity contribution in [1.29, 1.82) is 0 Å². The molecule has 2 aromatic rings. The van der Waals surface area contributed by atoms with E-state index in [0.717, 1.165) is 53.0 Å². The Morgan fingerprint density at radius 3 is 2.00 bits per heavy atom. The lowest BCUT2D eigenvalue weighted by molar-refractivity contribution is -0.288. The average Bonchev–Trinajstić information content (AvgIpc) is 2.99. The van der Waals surface area contributed by atoms with Gasteiger partial charge in [-0.05, 0) is 51.8 Å². The van der Waals surface area contributed by atoms with E-state index in [1.54, 1.807) is 0 Å². The van der Waals surface area contributed by atoms with Gasteiger partial charge in [-0.15, -0.1) is 0 Å². The lowest BCUT2D eigenvalue weighted by Gasteiger charge is -2.43. The second-order valence-corrected chi connectivity index (χ2v) is 11.7. The minimum absolute atomic E-state index is 0.0164. The van der Waals surface area contributed by atoms with E-state index in [4.69, 9.17) is 42.3 Å². The smallest absolute Gasteiger partial charge is 0.383 e. The molecule has 0 amide bonds. The number of hydrogen-bond acceptors (Lipinski definition) is 15. The Hall–Kier alpha value is -5.18. The van der Waals surface area contributed by atoms with Gasteiger partial charge in [-0.1, -0.05) is 17.2 Å². The standard InChI is InChI=1S/C35H42O15/c1-18(2)10-9-11-19(3)14-15-42-29-26-13-12-25(16-27(26)49-34(41)32(29)46-23(7)39)48-35-33(47-24(8)40)31(45-22(6)38)30(44-21(5)37)28(50-35)17-43-20(4)36/h10,12-14,16,28,30-31,33,35H,9,11,15,17H2,1-8H3/t28-,30-,31+,33-,35-/m1/s1. The van der Waals surface area contributed by atoms with Crippen LogP contribution < -0.4 is 19.8 Å². The van der Waals surface area contributed by atoms with Gasteiger partial charge in [0.1, 0.15) is 30.7 Å². The van der Waals surface area contributed by atoms with Gasteiger partial charge in [-0.2, -0.15) is 0 Å². The molecule has 15 nitrogen and oxygen atoms in total. The normalized spacial score (nSPS) is 20.2. The zero-order chi connectivity index (χ0) is 37.1. The molecule has 0 spiro atoms. The molecule has 15 heteroatoms. The van der Waals surface area contributed by atoms with Crippen molar-refractivity contribution in [2.24, 2.45) is 0 Å². The number of allylic oxidation sites excluding steroid dienone is 3. The fourth-order valence-electron chi connectivity index (χ4n) is 4.96. The topological polar surface area (TPSA) is 189 Å². The lowest BCUT2D eigenvalue weighted by atomic mass is 9.98. The summed E-state index contributed by atoms with van der Waals surface area (Å²) in [6.07, 6.45) is -1.49. The molecule has 2 heterocycles. The van der Waals surface area contributed by atoms with Crippen LogP contribution in [0.25, 0.3) is 11.0 Å². The maximum absolute atomic E-state index is 13.0. The van der Waals surface area contributed by atoms with Crippen LogP contribution in [0.2, 0.25) is 0 Å². The summed E-state index contributed by atoms with van der Waals surface area (Å²) in [6.45, 7) is 11.2. The molecular formula is C35H42O15. The third-order valence-corrected chi connectivity index (χ3v) is 6.99. The van der Waals surface area contributed by atoms with E-state index in [1.807, 2.05) is 26.8 Å². The van der Waals surface area contributed by atoms with Gasteiger partial charge in [-0.25, -0.2) is 4.79 Å². The zero-order valence-electron chi connectivity index (χ0n) is 29.2. The van der Waals surface area contributed by atoms with Gasteiger partial charge in [0.05, 0.1) is 5.39 Å². The van der Waals surface area contributed by atoms with E-state index in [-0.39, 0.29) is 29.1 Å². The van der Waals surface area contributed by atoms with E-state index >= 15 is 0 Å². The molecule has 0 N–H and O–H groups in total. The zero-order valence-corrected chi connectivity index (χ0v) is 29.2. The largest absolute Gasteiger partial charge is 0.485 e. The summed E-state index contributed by atoms with van der Waals surface area (Å²) in [5.41, 5.74) is 1.22. The molecule has 0 saturated carbocycles. The van der Waals surface area contributed by atoms with Crippen molar-refractivity contribution in [3.05, 3.63) is 51.9 Å². The van der Waals surface area contributed by atoms with Gasteiger partial charge in [-0.3, -0.25) is 24.0 Å². The maximum atomic E-state index is 13.0. The van der Waals surface area contributed by atoms with Crippen LogP contribution in [-0.4, -0.2) is 73.8 Å². The summed E-state index contributed by atoms with van der Waals surface area (Å²) in [7, 11) is 0. The monoisotopic (exact) mass is 702 g/mol. The molecule has 3 rings (SSSR count). The van der Waals surface area contributed by atoms with E-state index in [2.05, 4.69) is 6.08 Å². The van der Waals surface area contributed by atoms with Crippen molar-refractivity contribution in [2.45, 2.75) is 98.9 Å². The van der Waals surface area contributed by atoms with Crippen LogP contribution in [0.15, 0.2) is 50.7 Å². The summed E-state index contributed by atoms with van der Waals surface area (Å²) < 4.78 is 49.9. The first-order chi connectivity index (χ1) is 23.5. The lowest BCUT2D eigenvalue weighted by Crippen LogP contribution is -2.63. The third-order valence-electron chi connectivity index (χ3n) is 6.99. The highest BCUT2D eigenvalue weighted by Gasteiger charge is 2.53. The summed E-state index contributed by atoms with van der Waals surface area (Å²) in [5.74, 6) is -4.31. The minimum Gasteiger partial charge on any atom is -0.485 e. The SMILES string of the molecule is CC(=O)OC[C@H]1O[C@@H](Oc2ccc3c(OCC=C(C)CCC=C(C)C)c(OC(C)=O)c(=O)oc3c2)[C@H](OC(C)=O)[C@@H](OC(C)=O)[C@@H]1OC(C)=O. The van der Waals surface area contributed by atoms with Crippen molar-refractivity contribution >= 4 is 40.8 Å². The molecule has 1 aliphatic rings. The molecule has 0 radical (unpaired) electrons. The number of carbonyl (C=O) groups excluding carboxylic acids is 5. The van der Waals surface area contributed by atoms with Gasteiger partial charge < -0.3 is 42.3 Å². The minimum atomic E-state index is -1.53. The van der Waals surface area contributed by atoms with E-state index in [9.17, 15) is 28.8 Å². The van der Waals surface area contributed by atoms with Crippen molar-refractivity contribution in [1.82, 2.24) is 0 Å². The summed E-state index contributed by atoms with van der Waals surface area (Å²) in [5, 5.41) is 0.255. The fourth-order valence-corrected chi connectivity index (χ4v) is 4.96. The second-order valence-electron chi connectivity index (χ2n) is 11.7. The quantitative estimate of drug-likeness (QED) is 0.117. The van der Waals surface area contributed by atoms with Crippen molar-refractivity contribution in [3.8, 4) is 17.2 Å². The van der Waals surface area contributed by atoms with Crippen LogP contribution in [0.1, 0.15) is 68.2 Å². The Balaban J connectivity index is 2.03. The number of esters is 5. The molecular weight excluding hydrogens is 660 g/mol. The average molecular weight is 703 g/mol. The van der Waals surface area contributed by atoms with Crippen LogP contribution >= 0.6 is 0 Å². The number of hydrogen-bond donors (Lipinski definition) is 0. The first kappa shape index (κ1) is 39.3. The first-order valence-electron chi connectivity index (χ1n) is 15.7. The Morgan fingerprint density at radius 1 is 0.760 bits per heavy atom. The predicted octanol–water partition coefficient (Wildman–Crippen LogP) is 4.25. The van der Waals surface area contributed by atoms with Crippen molar-refractivity contribution < 1.29 is 66.3 Å². The first-order valence-corrected chi connectivity index (χ1v) is 15.7. The highest BCUT2D eigenvalue weighted by molar-refractivity contribution is 5.87. The molecule has 5 atom stereocenters. The molecule has 0 aliphatic carbocycles.